The summed E-state index contributed by atoms with van der Waals surface area (Å²) in [5.74, 6) is 1.96. The monoisotopic (exact) mass is 786 g/mol. The lowest BCUT2D eigenvalue weighted by Crippen LogP contribution is -2.51. The second-order valence-electron chi connectivity index (χ2n) is 20.7. The molecule has 3 aliphatic heterocycles. The van der Waals surface area contributed by atoms with E-state index in [1.165, 1.54) is 89.9 Å². The van der Waals surface area contributed by atoms with Crippen LogP contribution < -0.4 is 0 Å². The number of Topliss-reactive ketones (excluding diaryl/α,β-unsaturated/α-hetero) is 1. The molecule has 2 saturated carbocycles. The van der Waals surface area contributed by atoms with Crippen LogP contribution in [0.1, 0.15) is 229 Å². The number of rotatable bonds is 26. The van der Waals surface area contributed by atoms with E-state index in [2.05, 4.69) is 53.4 Å². The third kappa shape index (κ3) is 16.3. The Bertz CT molecular complexity index is 1110. The van der Waals surface area contributed by atoms with Gasteiger partial charge in [0, 0.05) is 29.1 Å². The van der Waals surface area contributed by atoms with Crippen molar-refractivity contribution in [1.29, 1.82) is 0 Å². The number of esters is 2. The van der Waals surface area contributed by atoms with E-state index in [9.17, 15) is 14.4 Å². The second-order valence-corrected chi connectivity index (χ2v) is 20.7. The van der Waals surface area contributed by atoms with Gasteiger partial charge in [-0.25, -0.2) is 0 Å². The van der Waals surface area contributed by atoms with Crippen molar-refractivity contribution in [3.63, 3.8) is 0 Å². The Morgan fingerprint density at radius 1 is 0.589 bits per heavy atom. The van der Waals surface area contributed by atoms with Gasteiger partial charge in [-0.3, -0.25) is 14.4 Å². The maximum absolute atomic E-state index is 13.3. The van der Waals surface area contributed by atoms with Crippen molar-refractivity contribution in [2.75, 3.05) is 32.8 Å². The molecule has 0 radical (unpaired) electrons. The minimum atomic E-state index is -0.0528. The molecule has 6 heteroatoms. The predicted molar refractivity (Wildman–Crippen MR) is 234 cm³/mol. The lowest BCUT2D eigenvalue weighted by molar-refractivity contribution is -0.164. The van der Waals surface area contributed by atoms with Crippen molar-refractivity contribution >= 4 is 17.7 Å². The molecular formula is C50H91NO5. The zero-order valence-corrected chi connectivity index (χ0v) is 38.3. The van der Waals surface area contributed by atoms with E-state index in [1.54, 1.807) is 6.92 Å². The Balaban J connectivity index is 0.000000645. The maximum atomic E-state index is 13.3. The highest BCUT2D eigenvalue weighted by atomic mass is 16.5. The van der Waals surface area contributed by atoms with E-state index in [0.717, 1.165) is 90.3 Å². The summed E-state index contributed by atoms with van der Waals surface area (Å²) in [6, 6.07) is 0. The molecule has 2 aliphatic carbocycles. The van der Waals surface area contributed by atoms with Gasteiger partial charge in [-0.2, -0.15) is 0 Å². The van der Waals surface area contributed by atoms with Gasteiger partial charge in [-0.15, -0.1) is 0 Å². The Hall–Kier alpha value is -1.43. The average molecular weight is 786 g/mol. The first kappa shape index (κ1) is 48.9. The zero-order chi connectivity index (χ0) is 41.1. The summed E-state index contributed by atoms with van der Waals surface area (Å²) < 4.78 is 12.4. The minimum Gasteiger partial charge on any atom is -0.465 e. The first-order chi connectivity index (χ1) is 26.8. The summed E-state index contributed by atoms with van der Waals surface area (Å²) >= 11 is 0. The van der Waals surface area contributed by atoms with Gasteiger partial charge in [-0.1, -0.05) is 132 Å². The normalized spacial score (nSPS) is 29.5. The molecular weight excluding hydrogens is 695 g/mol. The molecule has 0 aromatic rings. The van der Waals surface area contributed by atoms with Crippen molar-refractivity contribution in [2.45, 2.75) is 229 Å². The highest BCUT2D eigenvalue weighted by molar-refractivity contribution is 5.82. The molecule has 56 heavy (non-hydrogen) atoms. The predicted octanol–water partition coefficient (Wildman–Crippen LogP) is 13.5. The van der Waals surface area contributed by atoms with Crippen LogP contribution in [0.5, 0.6) is 0 Å². The van der Waals surface area contributed by atoms with Crippen molar-refractivity contribution in [3.8, 4) is 0 Å². The average Bonchev–Trinajstić information content (AvgIpc) is 3.17. The first-order valence-electron chi connectivity index (χ1n) is 24.3. The number of ether oxygens (including phenoxy) is 2. The molecule has 5 rings (SSSR count). The topological polar surface area (TPSA) is 72.9 Å². The smallest absolute Gasteiger partial charge is 0.306 e. The summed E-state index contributed by atoms with van der Waals surface area (Å²) in [4.78, 5) is 40.3. The number of hydrogen-bond donors (Lipinski definition) is 0. The van der Waals surface area contributed by atoms with Crippen LogP contribution in [0, 0.1) is 39.4 Å². The van der Waals surface area contributed by atoms with Crippen molar-refractivity contribution in [2.24, 2.45) is 39.4 Å². The minimum absolute atomic E-state index is 0.000942. The van der Waals surface area contributed by atoms with E-state index in [1.807, 2.05) is 0 Å². The number of carbonyl (C=O) groups is 3. The molecule has 5 aliphatic rings. The molecule has 0 spiro atoms. The number of fused-ring (bicyclic) bond motifs is 5. The van der Waals surface area contributed by atoms with Gasteiger partial charge in [0.25, 0.3) is 0 Å². The molecule has 5 fully saturated rings. The summed E-state index contributed by atoms with van der Waals surface area (Å²) in [6.07, 6.45) is 30.6. The van der Waals surface area contributed by atoms with Gasteiger partial charge < -0.3 is 14.4 Å². The van der Waals surface area contributed by atoms with Crippen LogP contribution >= 0.6 is 0 Å². The fourth-order valence-corrected chi connectivity index (χ4v) is 11.8. The van der Waals surface area contributed by atoms with Crippen molar-refractivity contribution < 1.29 is 23.9 Å². The van der Waals surface area contributed by atoms with Crippen LogP contribution in [0.15, 0.2) is 0 Å². The lowest BCUT2D eigenvalue weighted by atomic mass is 9.49. The molecule has 3 heterocycles. The van der Waals surface area contributed by atoms with Crippen LogP contribution in [0.4, 0.5) is 0 Å². The van der Waals surface area contributed by atoms with Crippen LogP contribution in [0.25, 0.3) is 0 Å². The van der Waals surface area contributed by atoms with E-state index in [0.29, 0.717) is 55.0 Å². The number of unbranched alkanes of at least 4 members (excludes halogenated alkanes) is 8. The largest absolute Gasteiger partial charge is 0.465 e. The number of ketones is 1. The summed E-state index contributed by atoms with van der Waals surface area (Å²) in [6.45, 7) is 22.4. The fraction of sp³-hybridized carbons (Fsp3) is 0.940. The van der Waals surface area contributed by atoms with E-state index >= 15 is 0 Å². The van der Waals surface area contributed by atoms with Gasteiger partial charge in [0.1, 0.15) is 5.78 Å². The first-order valence-corrected chi connectivity index (χ1v) is 24.3. The lowest BCUT2D eigenvalue weighted by Gasteiger charge is -2.57. The number of hydrogen-bond acceptors (Lipinski definition) is 6. The van der Waals surface area contributed by atoms with Gasteiger partial charge >= 0.3 is 11.9 Å². The number of nitrogens with zero attached hydrogens (tertiary/aromatic N) is 1. The number of piperidine rings is 3. The zero-order valence-electron chi connectivity index (χ0n) is 38.3. The second kappa shape index (κ2) is 24.6. The third-order valence-electron chi connectivity index (χ3n) is 15.1. The van der Waals surface area contributed by atoms with E-state index in [-0.39, 0.29) is 28.2 Å². The Morgan fingerprint density at radius 3 is 1.39 bits per heavy atom. The summed E-state index contributed by atoms with van der Waals surface area (Å²) in [7, 11) is 0. The molecule has 0 aromatic carbocycles. The van der Waals surface area contributed by atoms with Gasteiger partial charge in [0.05, 0.1) is 13.2 Å². The van der Waals surface area contributed by atoms with Gasteiger partial charge in [-0.05, 0) is 127 Å². The maximum Gasteiger partial charge on any atom is 0.306 e. The Kier molecular flexibility index (Phi) is 21.5. The van der Waals surface area contributed by atoms with E-state index < -0.39 is 0 Å². The van der Waals surface area contributed by atoms with E-state index in [4.69, 9.17) is 9.47 Å². The molecule has 4 unspecified atom stereocenters. The van der Waals surface area contributed by atoms with Gasteiger partial charge in [0.15, 0.2) is 0 Å². The SMILES string of the molecule is CC(=O)C12CCN(CC1)CC2.CCCCCC(CCCCC)CC(=O)OCC1(C)CC2CC(C)(CC)CC(COC(=O)CC(CCCCC)CCCCC)(C2)C1. The quantitative estimate of drug-likeness (QED) is 0.0642. The standard InChI is InChI=1S/C41H76O4.C9H15NO/c1-8-13-17-21-34(22-18-14-9-2)25-37(42)44-32-40(7)28-36-27-39(6,12-5)30-41(29-36,31-40)33-45-38(43)26-35(23-19-15-10-3)24-20-16-11-4;1-8(11)9-2-5-10(6-3-9)7-4-9/h34-36H,8-33H2,1-7H3;2-7H2,1H3. The van der Waals surface area contributed by atoms with Crippen molar-refractivity contribution in [3.05, 3.63) is 0 Å². The fourth-order valence-electron chi connectivity index (χ4n) is 11.8. The van der Waals surface area contributed by atoms with Crippen LogP contribution in [-0.2, 0) is 23.9 Å². The highest BCUT2D eigenvalue weighted by Crippen LogP contribution is 2.61. The highest BCUT2D eigenvalue weighted by Gasteiger charge is 2.54. The third-order valence-corrected chi connectivity index (χ3v) is 15.1. The molecule has 326 valence electrons. The molecule has 4 atom stereocenters. The molecule has 4 bridgehead atoms. The Labute approximate surface area is 346 Å². The van der Waals surface area contributed by atoms with Gasteiger partial charge in [0.2, 0.25) is 0 Å². The molecule has 0 aromatic heterocycles. The number of carbonyl (C=O) groups excluding carboxylic acids is 3. The molecule has 3 saturated heterocycles. The van der Waals surface area contributed by atoms with Crippen LogP contribution in [-0.4, -0.2) is 55.5 Å². The summed E-state index contributed by atoms with van der Waals surface area (Å²) in [5.41, 5.74) is 0.337. The van der Waals surface area contributed by atoms with Crippen LogP contribution in [0.2, 0.25) is 0 Å². The van der Waals surface area contributed by atoms with Crippen LogP contribution in [0.3, 0.4) is 0 Å². The Morgan fingerprint density at radius 2 is 1.00 bits per heavy atom. The molecule has 0 amide bonds. The molecule has 6 nitrogen and oxygen atoms in total. The molecule has 0 N–H and O–H groups in total. The summed E-state index contributed by atoms with van der Waals surface area (Å²) in [5, 5.41) is 0. The van der Waals surface area contributed by atoms with Crippen molar-refractivity contribution in [1.82, 2.24) is 4.90 Å².